The number of nitrogens with zero attached hydrogens (tertiary/aromatic N) is 4. The average molecular weight is 364 g/mol. The molecule has 1 saturated heterocycles. The maximum Gasteiger partial charge on any atom is 0.132 e. The van der Waals surface area contributed by atoms with E-state index >= 15 is 0 Å². The third-order valence-electron chi connectivity index (χ3n) is 6.19. The number of piperidine rings is 1. The van der Waals surface area contributed by atoms with Crippen LogP contribution in [0.1, 0.15) is 36.8 Å². The predicted molar refractivity (Wildman–Crippen MR) is 106 cm³/mol. The fraction of sp³-hybridized carbons (Fsp3) is 0.545. The lowest BCUT2D eigenvalue weighted by atomic mass is 10.0. The van der Waals surface area contributed by atoms with Gasteiger partial charge in [-0.2, -0.15) is 0 Å². The Morgan fingerprint density at radius 2 is 1.93 bits per heavy atom. The van der Waals surface area contributed by atoms with Crippen LogP contribution in [-0.2, 0) is 12.8 Å². The van der Waals surface area contributed by atoms with Gasteiger partial charge in [0.25, 0.3) is 0 Å². The predicted octanol–water partition coefficient (Wildman–Crippen LogP) is 3.09. The van der Waals surface area contributed by atoms with Gasteiger partial charge in [0.1, 0.15) is 17.9 Å². The minimum atomic E-state index is 0.626. The first-order valence-corrected chi connectivity index (χ1v) is 10.4. The Hall–Kier alpha value is -2.14. The molecule has 5 nitrogen and oxygen atoms in total. The van der Waals surface area contributed by atoms with Gasteiger partial charge in [0, 0.05) is 44.3 Å². The van der Waals surface area contributed by atoms with E-state index in [0.29, 0.717) is 12.1 Å². The Balaban J connectivity index is 1.16. The van der Waals surface area contributed by atoms with E-state index in [9.17, 15) is 0 Å². The Bertz CT molecular complexity index is 769. The summed E-state index contributed by atoms with van der Waals surface area (Å²) in [5.41, 5.74) is 2.83. The van der Waals surface area contributed by atoms with Crippen LogP contribution in [0.3, 0.4) is 0 Å². The smallest absolute Gasteiger partial charge is 0.132 e. The summed E-state index contributed by atoms with van der Waals surface area (Å²) in [6, 6.07) is 10.1. The summed E-state index contributed by atoms with van der Waals surface area (Å²) < 4.78 is 5.62. The van der Waals surface area contributed by atoms with Crippen LogP contribution in [0.25, 0.3) is 0 Å². The summed E-state index contributed by atoms with van der Waals surface area (Å²) in [4.78, 5) is 13.8. The standard InChI is InChI=1S/C22H28N4O/c1-4-21-18(9-14-27-21)15-17(1)6-11-25-12-7-20(8-13-25)26(19-2-3-19)22-5-10-23-16-24-22/h1,4-5,10,15-16,19-20H,2-3,6-9,11-14H2. The van der Waals surface area contributed by atoms with Crippen molar-refractivity contribution in [1.29, 1.82) is 0 Å². The first kappa shape index (κ1) is 17.0. The number of fused-ring (bicyclic) bond motifs is 1. The fourth-order valence-electron chi connectivity index (χ4n) is 4.57. The van der Waals surface area contributed by atoms with Crippen LogP contribution in [0.4, 0.5) is 5.82 Å². The van der Waals surface area contributed by atoms with E-state index in [4.69, 9.17) is 4.74 Å². The molecule has 27 heavy (non-hydrogen) atoms. The number of likely N-dealkylation sites (tertiary alicyclic amines) is 1. The first-order chi connectivity index (χ1) is 13.4. The quantitative estimate of drug-likeness (QED) is 0.788. The van der Waals surface area contributed by atoms with Crippen molar-refractivity contribution in [3.8, 4) is 5.75 Å². The molecule has 0 radical (unpaired) electrons. The van der Waals surface area contributed by atoms with E-state index in [-0.39, 0.29) is 0 Å². The molecule has 0 amide bonds. The van der Waals surface area contributed by atoms with Gasteiger partial charge in [-0.05, 0) is 55.4 Å². The zero-order chi connectivity index (χ0) is 18.1. The molecule has 2 aliphatic heterocycles. The molecule has 0 spiro atoms. The molecule has 3 heterocycles. The van der Waals surface area contributed by atoms with E-state index < -0.39 is 0 Å². The number of anilines is 1. The summed E-state index contributed by atoms with van der Waals surface area (Å²) in [5.74, 6) is 2.20. The lowest BCUT2D eigenvalue weighted by molar-refractivity contribution is 0.210. The number of ether oxygens (including phenoxy) is 1. The van der Waals surface area contributed by atoms with Crippen LogP contribution in [0.15, 0.2) is 36.8 Å². The van der Waals surface area contributed by atoms with Gasteiger partial charge in [-0.3, -0.25) is 0 Å². The van der Waals surface area contributed by atoms with E-state index in [2.05, 4.69) is 44.0 Å². The first-order valence-electron chi connectivity index (χ1n) is 10.4. The molecule has 1 aliphatic carbocycles. The topological polar surface area (TPSA) is 41.5 Å². The second-order valence-electron chi connectivity index (χ2n) is 8.07. The van der Waals surface area contributed by atoms with Gasteiger partial charge in [-0.1, -0.05) is 12.1 Å². The second kappa shape index (κ2) is 7.47. The van der Waals surface area contributed by atoms with Crippen molar-refractivity contribution in [3.05, 3.63) is 47.9 Å². The van der Waals surface area contributed by atoms with Crippen LogP contribution in [0.5, 0.6) is 5.75 Å². The second-order valence-corrected chi connectivity index (χ2v) is 8.07. The highest BCUT2D eigenvalue weighted by Gasteiger charge is 2.36. The van der Waals surface area contributed by atoms with Gasteiger partial charge >= 0.3 is 0 Å². The lowest BCUT2D eigenvalue weighted by Crippen LogP contribution is -2.46. The third kappa shape index (κ3) is 3.79. The molecule has 1 saturated carbocycles. The van der Waals surface area contributed by atoms with Gasteiger partial charge in [0.05, 0.1) is 6.61 Å². The Morgan fingerprint density at radius 1 is 1.07 bits per heavy atom. The summed E-state index contributed by atoms with van der Waals surface area (Å²) in [7, 11) is 0. The van der Waals surface area contributed by atoms with Crippen LogP contribution in [0.2, 0.25) is 0 Å². The number of hydrogen-bond donors (Lipinski definition) is 0. The Morgan fingerprint density at radius 3 is 2.70 bits per heavy atom. The van der Waals surface area contributed by atoms with Crippen LogP contribution < -0.4 is 9.64 Å². The van der Waals surface area contributed by atoms with Crippen molar-refractivity contribution in [2.24, 2.45) is 0 Å². The van der Waals surface area contributed by atoms with Gasteiger partial charge in [0.15, 0.2) is 0 Å². The molecule has 2 aromatic rings. The van der Waals surface area contributed by atoms with Gasteiger partial charge in [0.2, 0.25) is 0 Å². The number of benzene rings is 1. The molecular formula is C22H28N4O. The zero-order valence-electron chi connectivity index (χ0n) is 15.9. The number of aromatic nitrogens is 2. The van der Waals surface area contributed by atoms with Crippen LogP contribution in [-0.4, -0.2) is 53.2 Å². The maximum absolute atomic E-state index is 5.62. The molecule has 1 aromatic carbocycles. The van der Waals surface area contributed by atoms with E-state index in [0.717, 1.165) is 37.6 Å². The highest BCUT2D eigenvalue weighted by atomic mass is 16.5. The summed E-state index contributed by atoms with van der Waals surface area (Å²) in [5, 5.41) is 0. The van der Waals surface area contributed by atoms with Crippen LogP contribution in [0, 0.1) is 0 Å². The molecule has 5 rings (SSSR count). The van der Waals surface area contributed by atoms with Crippen molar-refractivity contribution in [2.45, 2.75) is 50.6 Å². The monoisotopic (exact) mass is 364 g/mol. The Labute approximate surface area is 161 Å². The van der Waals surface area contributed by atoms with Crippen molar-refractivity contribution < 1.29 is 4.74 Å². The number of hydrogen-bond acceptors (Lipinski definition) is 5. The molecule has 0 N–H and O–H groups in total. The largest absolute Gasteiger partial charge is 0.493 e. The van der Waals surface area contributed by atoms with Crippen molar-refractivity contribution >= 4 is 5.82 Å². The highest BCUT2D eigenvalue weighted by molar-refractivity contribution is 5.42. The van der Waals surface area contributed by atoms with Crippen molar-refractivity contribution in [3.63, 3.8) is 0 Å². The molecule has 2 fully saturated rings. The fourth-order valence-corrected chi connectivity index (χ4v) is 4.57. The summed E-state index contributed by atoms with van der Waals surface area (Å²) in [6.45, 7) is 4.37. The normalized spacial score (nSPS) is 20.3. The molecule has 3 aliphatic rings. The van der Waals surface area contributed by atoms with E-state index in [1.54, 1.807) is 6.33 Å². The molecule has 1 aromatic heterocycles. The van der Waals surface area contributed by atoms with Crippen molar-refractivity contribution in [2.75, 3.05) is 31.1 Å². The Kier molecular flexibility index (Phi) is 4.70. The van der Waals surface area contributed by atoms with Crippen LogP contribution >= 0.6 is 0 Å². The molecule has 0 bridgehead atoms. The number of rotatable bonds is 6. The van der Waals surface area contributed by atoms with Gasteiger partial charge < -0.3 is 14.5 Å². The summed E-state index contributed by atoms with van der Waals surface area (Å²) >= 11 is 0. The highest BCUT2D eigenvalue weighted by Crippen LogP contribution is 2.35. The van der Waals surface area contributed by atoms with E-state index in [1.165, 1.54) is 49.9 Å². The molecule has 142 valence electrons. The lowest BCUT2D eigenvalue weighted by Gasteiger charge is -2.39. The third-order valence-corrected chi connectivity index (χ3v) is 6.19. The van der Waals surface area contributed by atoms with Gasteiger partial charge in [-0.25, -0.2) is 9.97 Å². The average Bonchev–Trinajstić information content (AvgIpc) is 3.44. The zero-order valence-corrected chi connectivity index (χ0v) is 15.9. The molecule has 0 unspecified atom stereocenters. The SMILES string of the molecule is c1cc(N(C2CC2)C2CCN(CCc3ccc4c(c3)CCO4)CC2)ncn1. The minimum Gasteiger partial charge on any atom is -0.493 e. The maximum atomic E-state index is 5.62. The minimum absolute atomic E-state index is 0.626. The summed E-state index contributed by atoms with van der Waals surface area (Å²) in [6.07, 6.45) is 10.8. The van der Waals surface area contributed by atoms with E-state index in [1.807, 2.05) is 6.20 Å². The molecule has 5 heteroatoms. The molecule has 0 atom stereocenters. The van der Waals surface area contributed by atoms with Gasteiger partial charge in [-0.15, -0.1) is 0 Å². The van der Waals surface area contributed by atoms with Crippen molar-refractivity contribution in [1.82, 2.24) is 14.9 Å². The molecular weight excluding hydrogens is 336 g/mol.